The van der Waals surface area contributed by atoms with E-state index in [1.165, 1.54) is 0 Å². The van der Waals surface area contributed by atoms with Crippen LogP contribution in [0.25, 0.3) is 10.9 Å². The number of aryl methyl sites for hydroxylation is 2. The van der Waals surface area contributed by atoms with Crippen LogP contribution in [0, 0.1) is 13.8 Å². The maximum atomic E-state index is 12.7. The van der Waals surface area contributed by atoms with Crippen molar-refractivity contribution in [2.24, 2.45) is 0 Å². The van der Waals surface area contributed by atoms with Gasteiger partial charge in [-0.1, -0.05) is 35.9 Å². The predicted octanol–water partition coefficient (Wildman–Crippen LogP) is 4.67. The van der Waals surface area contributed by atoms with Gasteiger partial charge in [-0.25, -0.2) is 0 Å². The van der Waals surface area contributed by atoms with Gasteiger partial charge in [0.15, 0.2) is 5.78 Å². The van der Waals surface area contributed by atoms with E-state index >= 15 is 0 Å². The summed E-state index contributed by atoms with van der Waals surface area (Å²) in [6.07, 6.45) is 1.77. The minimum Gasteiger partial charge on any atom is -0.360 e. The van der Waals surface area contributed by atoms with Crippen LogP contribution in [-0.4, -0.2) is 10.8 Å². The largest absolute Gasteiger partial charge is 0.360 e. The number of benzene rings is 2. The van der Waals surface area contributed by atoms with E-state index in [9.17, 15) is 4.79 Å². The molecule has 3 aromatic rings. The van der Waals surface area contributed by atoms with Gasteiger partial charge in [0, 0.05) is 33.2 Å². The molecule has 2 nitrogen and oxygen atoms in total. The van der Waals surface area contributed by atoms with E-state index in [1.54, 1.807) is 12.3 Å². The first-order chi connectivity index (χ1) is 9.58. The van der Waals surface area contributed by atoms with Crippen molar-refractivity contribution >= 4 is 28.3 Å². The third-order valence-electron chi connectivity index (χ3n) is 3.59. The summed E-state index contributed by atoms with van der Waals surface area (Å²) in [5, 5.41) is 1.60. The van der Waals surface area contributed by atoms with Crippen molar-refractivity contribution in [2.45, 2.75) is 13.8 Å². The van der Waals surface area contributed by atoms with Crippen molar-refractivity contribution in [3.8, 4) is 0 Å². The molecule has 3 heteroatoms. The van der Waals surface area contributed by atoms with E-state index in [-0.39, 0.29) is 5.78 Å². The quantitative estimate of drug-likeness (QED) is 0.681. The maximum Gasteiger partial charge on any atom is 0.195 e. The second kappa shape index (κ2) is 4.80. The summed E-state index contributed by atoms with van der Waals surface area (Å²) in [7, 11) is 0. The van der Waals surface area contributed by atoms with Gasteiger partial charge in [-0.2, -0.15) is 0 Å². The average Bonchev–Trinajstić information content (AvgIpc) is 2.86. The van der Waals surface area contributed by atoms with Crippen LogP contribution < -0.4 is 0 Å². The minimum atomic E-state index is -0.00699. The van der Waals surface area contributed by atoms with Crippen LogP contribution in [0.4, 0.5) is 0 Å². The van der Waals surface area contributed by atoms with Crippen LogP contribution in [0.3, 0.4) is 0 Å². The van der Waals surface area contributed by atoms with Crippen molar-refractivity contribution in [1.82, 2.24) is 4.98 Å². The zero-order valence-electron chi connectivity index (χ0n) is 11.3. The van der Waals surface area contributed by atoms with E-state index < -0.39 is 0 Å². The van der Waals surface area contributed by atoms with Crippen molar-refractivity contribution in [2.75, 3.05) is 0 Å². The van der Waals surface area contributed by atoms with Gasteiger partial charge in [0.1, 0.15) is 0 Å². The van der Waals surface area contributed by atoms with Crippen molar-refractivity contribution in [3.63, 3.8) is 0 Å². The Morgan fingerprint density at radius 1 is 1.10 bits per heavy atom. The molecule has 0 aliphatic heterocycles. The molecule has 0 unspecified atom stereocenters. The molecule has 0 amide bonds. The van der Waals surface area contributed by atoms with Gasteiger partial charge in [-0.3, -0.25) is 4.79 Å². The lowest BCUT2D eigenvalue weighted by atomic mass is 9.99. The summed E-state index contributed by atoms with van der Waals surface area (Å²) in [5.74, 6) is -0.00699. The van der Waals surface area contributed by atoms with Crippen molar-refractivity contribution in [1.29, 1.82) is 0 Å². The van der Waals surface area contributed by atoms with Gasteiger partial charge in [0.2, 0.25) is 0 Å². The number of halogens is 1. The monoisotopic (exact) mass is 283 g/mol. The average molecular weight is 284 g/mol. The van der Waals surface area contributed by atoms with Crippen LogP contribution in [0.2, 0.25) is 5.02 Å². The number of rotatable bonds is 2. The minimum absolute atomic E-state index is 0.00699. The molecule has 1 aromatic heterocycles. The normalized spacial score (nSPS) is 10.9. The molecule has 0 atom stereocenters. The summed E-state index contributed by atoms with van der Waals surface area (Å²) >= 11 is 6.11. The van der Waals surface area contributed by atoms with Gasteiger partial charge in [-0.05, 0) is 37.1 Å². The topological polar surface area (TPSA) is 32.9 Å². The molecule has 0 radical (unpaired) electrons. The molecule has 0 spiro atoms. The third-order valence-corrected chi connectivity index (χ3v) is 4.00. The zero-order chi connectivity index (χ0) is 14.3. The van der Waals surface area contributed by atoms with Gasteiger partial charge in [0.05, 0.1) is 0 Å². The molecular weight excluding hydrogens is 270 g/mol. The van der Waals surface area contributed by atoms with Gasteiger partial charge in [0.25, 0.3) is 0 Å². The Bertz CT molecular complexity index is 817. The third kappa shape index (κ3) is 2.02. The molecule has 20 heavy (non-hydrogen) atoms. The highest BCUT2D eigenvalue weighted by Crippen LogP contribution is 2.26. The number of fused-ring (bicyclic) bond motifs is 1. The van der Waals surface area contributed by atoms with Gasteiger partial charge in [-0.15, -0.1) is 0 Å². The fourth-order valence-corrected chi connectivity index (χ4v) is 2.62. The highest BCUT2D eigenvalue weighted by atomic mass is 35.5. The number of hydrogen-bond acceptors (Lipinski definition) is 1. The Kier molecular flexibility index (Phi) is 3.11. The Hall–Kier alpha value is -2.06. The van der Waals surface area contributed by atoms with Crippen LogP contribution in [0.5, 0.6) is 0 Å². The summed E-state index contributed by atoms with van der Waals surface area (Å²) < 4.78 is 0. The number of hydrogen-bond donors (Lipinski definition) is 1. The summed E-state index contributed by atoms with van der Waals surface area (Å²) in [5.41, 5.74) is 4.35. The number of aromatic amines is 1. The lowest BCUT2D eigenvalue weighted by molar-refractivity contribution is 0.104. The molecule has 0 fully saturated rings. The highest BCUT2D eigenvalue weighted by Gasteiger charge is 2.16. The predicted molar refractivity (Wildman–Crippen MR) is 82.7 cm³/mol. The number of carbonyl (C=O) groups excluding carboxylic acids is 1. The molecular formula is C17H14ClNO. The number of aromatic nitrogens is 1. The Labute approximate surface area is 122 Å². The fraction of sp³-hybridized carbons (Fsp3) is 0.118. The maximum absolute atomic E-state index is 12.7. The lowest BCUT2D eigenvalue weighted by Gasteiger charge is -2.04. The molecule has 0 saturated carbocycles. The number of ketones is 1. The molecule has 0 aliphatic carbocycles. The molecule has 1 N–H and O–H groups in total. The second-order valence-electron chi connectivity index (χ2n) is 4.99. The smallest absolute Gasteiger partial charge is 0.195 e. The van der Waals surface area contributed by atoms with Crippen LogP contribution in [0.15, 0.2) is 42.6 Å². The van der Waals surface area contributed by atoms with E-state index in [2.05, 4.69) is 4.98 Å². The Balaban J connectivity index is 2.15. The lowest BCUT2D eigenvalue weighted by Crippen LogP contribution is -2.01. The summed E-state index contributed by atoms with van der Waals surface area (Å²) in [6.45, 7) is 3.93. The fourth-order valence-electron chi connectivity index (χ4n) is 2.44. The van der Waals surface area contributed by atoms with Gasteiger partial charge >= 0.3 is 0 Å². The number of nitrogens with one attached hydrogen (secondary N) is 1. The molecule has 3 rings (SSSR count). The molecule has 100 valence electrons. The first-order valence-electron chi connectivity index (χ1n) is 6.45. The zero-order valence-corrected chi connectivity index (χ0v) is 12.1. The standard InChI is InChI=1S/C17H14ClNO/c1-10-6-7-12(8-14(10)18)17(20)13-9-19-15-5-3-4-11(2)16(13)15/h3-9,19H,1-2H3. The van der Waals surface area contributed by atoms with Crippen LogP contribution >= 0.6 is 11.6 Å². The summed E-state index contributed by atoms with van der Waals surface area (Å²) in [6, 6.07) is 11.4. The van der Waals surface area contributed by atoms with E-state index in [0.29, 0.717) is 16.1 Å². The highest BCUT2D eigenvalue weighted by molar-refractivity contribution is 6.32. The van der Waals surface area contributed by atoms with Crippen molar-refractivity contribution < 1.29 is 4.79 Å². The van der Waals surface area contributed by atoms with Gasteiger partial charge < -0.3 is 4.98 Å². The Morgan fingerprint density at radius 2 is 1.90 bits per heavy atom. The van der Waals surface area contributed by atoms with E-state index in [0.717, 1.165) is 22.0 Å². The second-order valence-corrected chi connectivity index (χ2v) is 5.40. The van der Waals surface area contributed by atoms with E-state index in [4.69, 9.17) is 11.6 Å². The van der Waals surface area contributed by atoms with Crippen LogP contribution in [-0.2, 0) is 0 Å². The number of H-pyrrole nitrogens is 1. The van der Waals surface area contributed by atoms with Crippen LogP contribution in [0.1, 0.15) is 27.0 Å². The summed E-state index contributed by atoms with van der Waals surface area (Å²) in [4.78, 5) is 15.8. The van der Waals surface area contributed by atoms with E-state index in [1.807, 2.05) is 44.2 Å². The molecule has 2 aromatic carbocycles. The molecule has 0 saturated heterocycles. The molecule has 0 bridgehead atoms. The SMILES string of the molecule is Cc1ccc(C(=O)c2c[nH]c3cccc(C)c23)cc1Cl. The molecule has 1 heterocycles. The Morgan fingerprint density at radius 3 is 2.65 bits per heavy atom. The number of carbonyl (C=O) groups is 1. The van der Waals surface area contributed by atoms with Crippen molar-refractivity contribution in [3.05, 3.63) is 69.9 Å². The molecule has 0 aliphatic rings. The first kappa shape index (κ1) is 12.9. The first-order valence-corrected chi connectivity index (χ1v) is 6.83.